The topological polar surface area (TPSA) is 15.3 Å². The molecule has 2 aliphatic rings. The molecule has 2 aromatic rings. The summed E-state index contributed by atoms with van der Waals surface area (Å²) in [5.74, 6) is 0. The van der Waals surface area contributed by atoms with Crippen LogP contribution in [0.25, 0.3) is 11.1 Å². The van der Waals surface area contributed by atoms with Crippen molar-refractivity contribution < 1.29 is 0 Å². The predicted octanol–water partition coefficient (Wildman–Crippen LogP) is 4.64. The van der Waals surface area contributed by atoms with Crippen molar-refractivity contribution in [3.05, 3.63) is 58.6 Å². The highest BCUT2D eigenvalue weighted by Crippen LogP contribution is 2.43. The number of nitrogens with one attached hydrogen (secondary N) is 1. The Morgan fingerprint density at radius 1 is 1.00 bits per heavy atom. The molecule has 0 saturated carbocycles. The Morgan fingerprint density at radius 2 is 1.71 bits per heavy atom. The van der Waals surface area contributed by atoms with Crippen LogP contribution in [0, 0.1) is 0 Å². The number of hydrogen-bond acceptors (Lipinski definition) is 2. The Labute approximate surface area is 130 Å². The lowest BCUT2D eigenvalue weighted by Crippen LogP contribution is -2.20. The molecule has 0 fully saturated rings. The molecule has 0 aromatic heterocycles. The minimum atomic E-state index is 0.795. The number of likely N-dealkylation sites (N-methyl/N-ethyl adjacent to an activating group) is 1. The zero-order valence-electron chi connectivity index (χ0n) is 12.0. The molecule has 2 aromatic carbocycles. The highest BCUT2D eigenvalue weighted by molar-refractivity contribution is 6.31. The lowest BCUT2D eigenvalue weighted by atomic mass is 9.97. The van der Waals surface area contributed by atoms with E-state index in [2.05, 4.69) is 53.5 Å². The van der Waals surface area contributed by atoms with Crippen LogP contribution in [0.3, 0.4) is 0 Å². The summed E-state index contributed by atoms with van der Waals surface area (Å²) >= 11 is 6.24. The van der Waals surface area contributed by atoms with Crippen LogP contribution in [-0.4, -0.2) is 24.5 Å². The molecule has 2 nitrogen and oxygen atoms in total. The average molecular weight is 297 g/mol. The van der Waals surface area contributed by atoms with Crippen LogP contribution in [0.5, 0.6) is 0 Å². The van der Waals surface area contributed by atoms with E-state index in [-0.39, 0.29) is 0 Å². The summed E-state index contributed by atoms with van der Waals surface area (Å²) in [7, 11) is 0. The first-order chi connectivity index (χ1) is 10.3. The summed E-state index contributed by atoms with van der Waals surface area (Å²) in [5.41, 5.74) is 7.73. The first-order valence-corrected chi connectivity index (χ1v) is 7.75. The molecular formula is C18H17ClN2. The number of nitrogens with zero attached hydrogens (tertiary/aromatic N) is 1. The van der Waals surface area contributed by atoms with Gasteiger partial charge in [-0.15, -0.1) is 0 Å². The summed E-state index contributed by atoms with van der Waals surface area (Å²) < 4.78 is 0. The van der Waals surface area contributed by atoms with Crippen molar-refractivity contribution in [2.24, 2.45) is 0 Å². The van der Waals surface area contributed by atoms with Gasteiger partial charge in [-0.05, 0) is 42.0 Å². The highest BCUT2D eigenvalue weighted by atomic mass is 35.5. The standard InChI is InChI=1S/C18H17ClN2/c1-2-21-10-15-13-5-3-4-6-17(13)20-18-8-7-12(19)9-14(18)16(15)11-21/h3-9,20H,2,10-11H2,1H3. The van der Waals surface area contributed by atoms with Gasteiger partial charge in [-0.25, -0.2) is 0 Å². The molecule has 1 N–H and O–H groups in total. The van der Waals surface area contributed by atoms with Gasteiger partial charge in [-0.1, -0.05) is 36.7 Å². The van der Waals surface area contributed by atoms with Gasteiger partial charge in [0.1, 0.15) is 0 Å². The van der Waals surface area contributed by atoms with Gasteiger partial charge in [-0.3, -0.25) is 4.90 Å². The Hall–Kier alpha value is -1.77. The van der Waals surface area contributed by atoms with Crippen LogP contribution in [0.1, 0.15) is 18.1 Å². The maximum absolute atomic E-state index is 6.24. The number of halogens is 1. The maximum Gasteiger partial charge on any atom is 0.0462 e. The largest absolute Gasteiger partial charge is 0.355 e. The van der Waals surface area contributed by atoms with E-state index in [0.29, 0.717) is 0 Å². The molecule has 0 radical (unpaired) electrons. The summed E-state index contributed by atoms with van der Waals surface area (Å²) in [6.45, 7) is 5.29. The van der Waals surface area contributed by atoms with Gasteiger partial charge in [0.05, 0.1) is 0 Å². The molecular weight excluding hydrogens is 280 g/mol. The summed E-state index contributed by atoms with van der Waals surface area (Å²) in [6, 6.07) is 14.7. The number of hydrogen-bond donors (Lipinski definition) is 1. The van der Waals surface area contributed by atoms with E-state index in [1.165, 1.54) is 28.0 Å². The third kappa shape index (κ3) is 2.06. The van der Waals surface area contributed by atoms with Gasteiger partial charge in [0.2, 0.25) is 0 Å². The summed E-state index contributed by atoms with van der Waals surface area (Å²) in [6.07, 6.45) is 0. The highest BCUT2D eigenvalue weighted by Gasteiger charge is 2.28. The van der Waals surface area contributed by atoms with Crippen LogP contribution >= 0.6 is 11.6 Å². The first-order valence-electron chi connectivity index (χ1n) is 7.37. The van der Waals surface area contributed by atoms with Crippen molar-refractivity contribution in [3.8, 4) is 0 Å². The van der Waals surface area contributed by atoms with Crippen molar-refractivity contribution >= 4 is 34.1 Å². The number of rotatable bonds is 1. The number of fused-ring (bicyclic) bond motifs is 4. The molecule has 3 heteroatoms. The fourth-order valence-corrected chi connectivity index (χ4v) is 3.46. The third-order valence-corrected chi connectivity index (χ3v) is 4.64. The quantitative estimate of drug-likeness (QED) is 0.824. The second kappa shape index (κ2) is 4.90. The van der Waals surface area contributed by atoms with Crippen LogP contribution in [0.15, 0.2) is 42.5 Å². The smallest absolute Gasteiger partial charge is 0.0462 e. The van der Waals surface area contributed by atoms with Gasteiger partial charge >= 0.3 is 0 Å². The molecule has 0 amide bonds. The van der Waals surface area contributed by atoms with Crippen molar-refractivity contribution in [1.82, 2.24) is 4.90 Å². The van der Waals surface area contributed by atoms with E-state index in [4.69, 9.17) is 11.6 Å². The first kappa shape index (κ1) is 12.9. The fraction of sp³-hybridized carbons (Fsp3) is 0.222. The van der Waals surface area contributed by atoms with E-state index in [1.54, 1.807) is 0 Å². The molecule has 2 heterocycles. The molecule has 21 heavy (non-hydrogen) atoms. The fourth-order valence-electron chi connectivity index (χ4n) is 3.29. The van der Waals surface area contributed by atoms with Gasteiger partial charge < -0.3 is 5.32 Å². The minimum absolute atomic E-state index is 0.795. The second-order valence-electron chi connectivity index (χ2n) is 5.62. The number of benzene rings is 2. The maximum atomic E-state index is 6.24. The average Bonchev–Trinajstić information content (AvgIpc) is 2.89. The summed E-state index contributed by atoms with van der Waals surface area (Å²) in [4.78, 5) is 2.47. The molecule has 4 rings (SSSR count). The zero-order valence-corrected chi connectivity index (χ0v) is 12.7. The molecule has 0 unspecified atom stereocenters. The van der Waals surface area contributed by atoms with E-state index >= 15 is 0 Å². The minimum Gasteiger partial charge on any atom is -0.355 e. The van der Waals surface area contributed by atoms with Crippen LogP contribution in [-0.2, 0) is 0 Å². The van der Waals surface area contributed by atoms with E-state index in [1.807, 2.05) is 6.07 Å². The Kier molecular flexibility index (Phi) is 3.02. The Morgan fingerprint density at radius 3 is 2.52 bits per heavy atom. The van der Waals surface area contributed by atoms with E-state index in [0.717, 1.165) is 30.3 Å². The van der Waals surface area contributed by atoms with Gasteiger partial charge in [0.25, 0.3) is 0 Å². The van der Waals surface area contributed by atoms with Gasteiger partial charge in [0, 0.05) is 40.6 Å². The molecule has 0 bridgehead atoms. The lowest BCUT2D eigenvalue weighted by molar-refractivity contribution is 0.380. The van der Waals surface area contributed by atoms with Gasteiger partial charge in [0.15, 0.2) is 0 Å². The Bertz CT molecular complexity index is 749. The molecule has 0 saturated heterocycles. The monoisotopic (exact) mass is 296 g/mol. The van der Waals surface area contributed by atoms with Crippen LogP contribution in [0.4, 0.5) is 11.4 Å². The SMILES string of the molecule is CCN1CC2=C(C1)c1cc(Cl)ccc1Nc1ccccc12. The zero-order chi connectivity index (χ0) is 14.4. The number of anilines is 2. The second-order valence-corrected chi connectivity index (χ2v) is 6.06. The molecule has 106 valence electrons. The molecule has 2 aliphatic heterocycles. The van der Waals surface area contributed by atoms with Crippen molar-refractivity contribution in [2.45, 2.75) is 6.92 Å². The predicted molar refractivity (Wildman–Crippen MR) is 90.1 cm³/mol. The van der Waals surface area contributed by atoms with Crippen LogP contribution in [0.2, 0.25) is 5.02 Å². The van der Waals surface area contributed by atoms with Crippen molar-refractivity contribution in [1.29, 1.82) is 0 Å². The lowest BCUT2D eigenvalue weighted by Gasteiger charge is -2.17. The normalized spacial score (nSPS) is 16.9. The van der Waals surface area contributed by atoms with Crippen molar-refractivity contribution in [2.75, 3.05) is 25.0 Å². The van der Waals surface area contributed by atoms with Crippen molar-refractivity contribution in [3.63, 3.8) is 0 Å². The molecule has 0 spiro atoms. The molecule has 0 atom stereocenters. The number of para-hydroxylation sites is 1. The van der Waals surface area contributed by atoms with Gasteiger partial charge in [-0.2, -0.15) is 0 Å². The molecule has 0 aliphatic carbocycles. The van der Waals surface area contributed by atoms with E-state index < -0.39 is 0 Å². The summed E-state index contributed by atoms with van der Waals surface area (Å²) in [5, 5.41) is 4.37. The van der Waals surface area contributed by atoms with E-state index in [9.17, 15) is 0 Å². The Balaban J connectivity index is 1.97. The third-order valence-electron chi connectivity index (χ3n) is 4.40. The van der Waals surface area contributed by atoms with Crippen LogP contribution < -0.4 is 5.32 Å².